The van der Waals surface area contributed by atoms with Crippen LogP contribution >= 0.6 is 0 Å². The number of benzene rings is 1. The molecule has 0 saturated heterocycles. The first-order valence-electron chi connectivity index (χ1n) is 6.91. The first-order valence-corrected chi connectivity index (χ1v) is 6.91. The van der Waals surface area contributed by atoms with Crippen molar-refractivity contribution in [1.29, 1.82) is 0 Å². The van der Waals surface area contributed by atoms with E-state index < -0.39 is 0 Å². The van der Waals surface area contributed by atoms with E-state index in [-0.39, 0.29) is 5.91 Å². The van der Waals surface area contributed by atoms with Gasteiger partial charge >= 0.3 is 0 Å². The summed E-state index contributed by atoms with van der Waals surface area (Å²) in [4.78, 5) is 11.1. The van der Waals surface area contributed by atoms with Crippen molar-refractivity contribution in [2.45, 2.75) is 32.6 Å². The van der Waals surface area contributed by atoms with Crippen molar-refractivity contribution in [3.8, 4) is 11.5 Å². The van der Waals surface area contributed by atoms with Crippen LogP contribution in [-0.4, -0.2) is 25.3 Å². The molecule has 0 spiro atoms. The first-order chi connectivity index (χ1) is 9.74. The molecule has 5 heteroatoms. The largest absolute Gasteiger partial charge is 0.493 e. The van der Waals surface area contributed by atoms with Crippen molar-refractivity contribution >= 4 is 11.6 Å². The van der Waals surface area contributed by atoms with Gasteiger partial charge in [0, 0.05) is 18.4 Å². The van der Waals surface area contributed by atoms with Crippen LogP contribution < -0.4 is 14.9 Å². The topological polar surface area (TPSA) is 59.9 Å². The van der Waals surface area contributed by atoms with Gasteiger partial charge in [0.05, 0.1) is 19.4 Å². The summed E-state index contributed by atoms with van der Waals surface area (Å²) in [7, 11) is 1.62. The molecule has 108 valence electrons. The fourth-order valence-electron chi connectivity index (χ4n) is 1.98. The molecule has 0 saturated carbocycles. The minimum atomic E-state index is -0.0414. The third-order valence-corrected chi connectivity index (χ3v) is 3.16. The van der Waals surface area contributed by atoms with Crippen molar-refractivity contribution in [2.24, 2.45) is 5.10 Å². The third kappa shape index (κ3) is 3.50. The molecule has 0 fully saturated rings. The van der Waals surface area contributed by atoms with Crippen LogP contribution in [0.25, 0.3) is 0 Å². The number of hydrazone groups is 1. The van der Waals surface area contributed by atoms with E-state index in [1.165, 1.54) is 0 Å². The van der Waals surface area contributed by atoms with Gasteiger partial charge in [-0.1, -0.05) is 13.3 Å². The number of rotatable bonds is 6. The van der Waals surface area contributed by atoms with Crippen LogP contribution in [0.5, 0.6) is 11.5 Å². The average Bonchev–Trinajstić information content (AvgIpc) is 2.48. The molecule has 1 amide bonds. The molecular formula is C15H20N2O3. The third-order valence-electron chi connectivity index (χ3n) is 3.16. The zero-order chi connectivity index (χ0) is 14.4. The monoisotopic (exact) mass is 276 g/mol. The highest BCUT2D eigenvalue weighted by molar-refractivity contribution is 6.04. The molecule has 0 aromatic heterocycles. The second-order valence-electron chi connectivity index (χ2n) is 4.66. The highest BCUT2D eigenvalue weighted by Gasteiger charge is 2.15. The van der Waals surface area contributed by atoms with Gasteiger partial charge in [0.1, 0.15) is 0 Å². The van der Waals surface area contributed by atoms with E-state index in [1.807, 2.05) is 18.2 Å². The van der Waals surface area contributed by atoms with Crippen LogP contribution in [0.1, 0.15) is 38.2 Å². The number of carbonyl (C=O) groups excluding carboxylic acids is 1. The molecule has 1 heterocycles. The van der Waals surface area contributed by atoms with E-state index in [0.29, 0.717) is 25.2 Å². The predicted octanol–water partition coefficient (Wildman–Crippen LogP) is 2.49. The molecule has 0 aliphatic carbocycles. The van der Waals surface area contributed by atoms with Gasteiger partial charge in [-0.15, -0.1) is 0 Å². The number of nitrogens with zero attached hydrogens (tertiary/aromatic N) is 1. The van der Waals surface area contributed by atoms with Crippen LogP contribution in [0.15, 0.2) is 23.3 Å². The Hall–Kier alpha value is -2.04. The van der Waals surface area contributed by atoms with Crippen molar-refractivity contribution in [1.82, 2.24) is 5.43 Å². The van der Waals surface area contributed by atoms with E-state index >= 15 is 0 Å². The molecule has 0 atom stereocenters. The fraction of sp³-hybridized carbons (Fsp3) is 0.467. The maximum Gasteiger partial charge on any atom is 0.240 e. The molecular weight excluding hydrogens is 256 g/mol. The van der Waals surface area contributed by atoms with Gasteiger partial charge in [-0.2, -0.15) is 5.10 Å². The summed E-state index contributed by atoms with van der Waals surface area (Å²) in [5, 5.41) is 4.08. The molecule has 5 nitrogen and oxygen atoms in total. The molecule has 0 radical (unpaired) electrons. The van der Waals surface area contributed by atoms with Crippen molar-refractivity contribution in [3.63, 3.8) is 0 Å². The summed E-state index contributed by atoms with van der Waals surface area (Å²) in [6.07, 6.45) is 3.22. The Balaban J connectivity index is 2.14. The maximum atomic E-state index is 11.1. The molecule has 20 heavy (non-hydrogen) atoms. The highest BCUT2D eigenvalue weighted by Crippen LogP contribution is 2.29. The summed E-state index contributed by atoms with van der Waals surface area (Å²) in [6.45, 7) is 2.81. The Kier molecular flexibility index (Phi) is 4.98. The Bertz CT molecular complexity index is 512. The van der Waals surface area contributed by atoms with Gasteiger partial charge in [0.25, 0.3) is 0 Å². The molecule has 1 aromatic rings. The zero-order valence-corrected chi connectivity index (χ0v) is 11.9. The number of methoxy groups -OCH3 is 1. The van der Waals surface area contributed by atoms with E-state index in [0.717, 1.165) is 29.9 Å². The Labute approximate surface area is 119 Å². The smallest absolute Gasteiger partial charge is 0.240 e. The number of carbonyl (C=O) groups is 1. The number of amides is 1. The first kappa shape index (κ1) is 14.4. The quantitative estimate of drug-likeness (QED) is 0.812. The highest BCUT2D eigenvalue weighted by atomic mass is 16.5. The van der Waals surface area contributed by atoms with Crippen molar-refractivity contribution in [3.05, 3.63) is 23.8 Å². The van der Waals surface area contributed by atoms with Crippen LogP contribution in [-0.2, 0) is 4.79 Å². The second-order valence-corrected chi connectivity index (χ2v) is 4.66. The Morgan fingerprint density at radius 3 is 2.80 bits per heavy atom. The predicted molar refractivity (Wildman–Crippen MR) is 77.3 cm³/mol. The van der Waals surface area contributed by atoms with E-state index in [1.54, 1.807) is 7.11 Å². The van der Waals surface area contributed by atoms with E-state index in [4.69, 9.17) is 9.47 Å². The van der Waals surface area contributed by atoms with Gasteiger partial charge in [-0.05, 0) is 24.6 Å². The molecule has 1 aliphatic heterocycles. The van der Waals surface area contributed by atoms with E-state index in [2.05, 4.69) is 17.5 Å². The molecule has 1 aliphatic rings. The molecule has 0 bridgehead atoms. The summed E-state index contributed by atoms with van der Waals surface area (Å²) in [5.74, 6) is 1.39. The van der Waals surface area contributed by atoms with Crippen LogP contribution in [0, 0.1) is 0 Å². The van der Waals surface area contributed by atoms with Crippen molar-refractivity contribution < 1.29 is 14.3 Å². The van der Waals surface area contributed by atoms with Crippen molar-refractivity contribution in [2.75, 3.05) is 13.7 Å². The minimum Gasteiger partial charge on any atom is -0.493 e. The number of hydrogen-bond acceptors (Lipinski definition) is 4. The van der Waals surface area contributed by atoms with E-state index in [9.17, 15) is 4.79 Å². The molecule has 0 unspecified atom stereocenters. The minimum absolute atomic E-state index is 0.0414. The number of unbranched alkanes of at least 4 members (excludes halogenated alkanes) is 1. The van der Waals surface area contributed by atoms with Gasteiger partial charge in [-0.25, -0.2) is 5.43 Å². The Morgan fingerprint density at radius 1 is 1.30 bits per heavy atom. The summed E-state index contributed by atoms with van der Waals surface area (Å²) in [5.41, 5.74) is 4.31. The number of hydrogen-bond donors (Lipinski definition) is 1. The van der Waals surface area contributed by atoms with Gasteiger partial charge in [0.2, 0.25) is 5.91 Å². The van der Waals surface area contributed by atoms with Crippen LogP contribution in [0.2, 0.25) is 0 Å². The lowest BCUT2D eigenvalue weighted by molar-refractivity contribution is -0.121. The molecule has 2 rings (SSSR count). The maximum absolute atomic E-state index is 11.1. The van der Waals surface area contributed by atoms with Crippen LogP contribution in [0.3, 0.4) is 0 Å². The van der Waals surface area contributed by atoms with Gasteiger partial charge in [0.15, 0.2) is 11.5 Å². The summed E-state index contributed by atoms with van der Waals surface area (Å²) in [6, 6.07) is 5.74. The molecule has 1 N–H and O–H groups in total. The lowest BCUT2D eigenvalue weighted by atomic mass is 10.0. The van der Waals surface area contributed by atoms with Crippen LogP contribution in [0.4, 0.5) is 0 Å². The summed E-state index contributed by atoms with van der Waals surface area (Å²) >= 11 is 0. The Morgan fingerprint density at radius 2 is 2.15 bits per heavy atom. The molecule has 1 aromatic carbocycles. The fourth-order valence-corrected chi connectivity index (χ4v) is 1.98. The lowest BCUT2D eigenvalue weighted by Crippen LogP contribution is -2.25. The lowest BCUT2D eigenvalue weighted by Gasteiger charge is -2.15. The second kappa shape index (κ2) is 6.93. The standard InChI is InChI=1S/C15H20N2O3/c1-3-4-9-20-13-7-5-11(10-14(13)19-2)12-6-8-15(18)17-16-12/h5,7,10H,3-4,6,8-9H2,1-2H3,(H,17,18). The zero-order valence-electron chi connectivity index (χ0n) is 11.9. The van der Waals surface area contributed by atoms with Gasteiger partial charge < -0.3 is 9.47 Å². The van der Waals surface area contributed by atoms with Gasteiger partial charge in [-0.3, -0.25) is 4.79 Å². The SMILES string of the molecule is CCCCOc1ccc(C2=NNC(=O)CC2)cc1OC. The number of nitrogens with one attached hydrogen (secondary N) is 1. The summed E-state index contributed by atoms with van der Waals surface area (Å²) < 4.78 is 11.1. The number of ether oxygens (including phenoxy) is 2. The average molecular weight is 276 g/mol. The normalized spacial score (nSPS) is 14.5.